The van der Waals surface area contributed by atoms with Crippen LogP contribution in [-0.4, -0.2) is 111 Å². The van der Waals surface area contributed by atoms with Crippen molar-refractivity contribution in [2.75, 3.05) is 124 Å². The molecule has 2 saturated heterocycles. The van der Waals surface area contributed by atoms with Gasteiger partial charge in [-0.1, -0.05) is 32.4 Å². The molecule has 16 heteroatoms. The zero-order valence-electron chi connectivity index (χ0n) is 31.1. The smallest absolute Gasteiger partial charge is 0.223 e. The molecular weight excluding hydrogens is 682 g/mol. The zero-order valence-corrected chi connectivity index (χ0v) is 31.9. The first-order chi connectivity index (χ1) is 25.1. The molecule has 15 nitrogen and oxygen atoms in total. The van der Waals surface area contributed by atoms with E-state index >= 15 is 0 Å². The summed E-state index contributed by atoms with van der Waals surface area (Å²) in [5.74, 6) is 3.58. The Balaban J connectivity index is 0.000000208. The summed E-state index contributed by atoms with van der Waals surface area (Å²) in [6.45, 7) is 18.0. The van der Waals surface area contributed by atoms with Crippen LogP contribution in [-0.2, 0) is 0 Å². The van der Waals surface area contributed by atoms with Crippen molar-refractivity contribution in [3.63, 3.8) is 0 Å². The minimum atomic E-state index is 0.0972. The lowest BCUT2D eigenvalue weighted by atomic mass is 10.2. The lowest BCUT2D eigenvalue weighted by molar-refractivity contribution is 0.321. The molecule has 0 aliphatic carbocycles. The third kappa shape index (κ3) is 14.0. The molecule has 4 heterocycles. The predicted octanol–water partition coefficient (Wildman–Crippen LogP) is 3.72. The molecule has 0 bridgehead atoms. The average Bonchev–Trinajstić information content (AvgIpc) is 3.16. The van der Waals surface area contributed by atoms with Crippen molar-refractivity contribution in [2.45, 2.75) is 20.8 Å². The molecule has 6 rings (SSSR count). The fourth-order valence-corrected chi connectivity index (χ4v) is 5.66. The first kappa shape index (κ1) is 41.4. The van der Waals surface area contributed by atoms with Crippen LogP contribution in [0.25, 0.3) is 0 Å². The largest absolute Gasteiger partial charge is 0.497 e. The molecule has 2 fully saturated rings. The third-order valence-electron chi connectivity index (χ3n) is 8.42. The Hall–Kier alpha value is -4.99. The Morgan fingerprint density at radius 1 is 0.615 bits per heavy atom. The maximum absolute atomic E-state index is 5.73. The number of methoxy groups -OCH3 is 2. The Labute approximate surface area is 313 Å². The highest BCUT2D eigenvalue weighted by Crippen LogP contribution is 2.23. The SMILES string of the molecule is CCN(CC)CC.COc1ccc(N2CCN(c3cc(N)nc(N)n3)CC2)cc1.COc1ccc(N2CCNCC2)cc1.Nc1cc(Cl)nc(N)n1. The van der Waals surface area contributed by atoms with E-state index in [1.54, 1.807) is 20.3 Å². The van der Waals surface area contributed by atoms with Gasteiger partial charge in [-0.15, -0.1) is 0 Å². The fraction of sp³-hybridized carbons (Fsp3) is 0.444. The van der Waals surface area contributed by atoms with Crippen LogP contribution in [0.1, 0.15) is 20.8 Å². The molecule has 0 saturated carbocycles. The Bertz CT molecular complexity index is 1500. The number of nitrogens with zero attached hydrogens (tertiary/aromatic N) is 8. The molecule has 0 radical (unpaired) electrons. The Morgan fingerprint density at radius 2 is 1.04 bits per heavy atom. The van der Waals surface area contributed by atoms with E-state index in [9.17, 15) is 0 Å². The second kappa shape index (κ2) is 22.1. The van der Waals surface area contributed by atoms with E-state index < -0.39 is 0 Å². The number of ether oxygens (including phenoxy) is 2. The molecule has 0 amide bonds. The summed E-state index contributed by atoms with van der Waals surface area (Å²) in [5.41, 5.74) is 24.3. The number of halogens is 1. The van der Waals surface area contributed by atoms with Gasteiger partial charge in [-0.25, -0.2) is 4.98 Å². The number of nitrogen functional groups attached to an aromatic ring is 4. The molecule has 52 heavy (non-hydrogen) atoms. The van der Waals surface area contributed by atoms with E-state index in [1.807, 2.05) is 24.3 Å². The summed E-state index contributed by atoms with van der Waals surface area (Å²) in [6, 6.07) is 19.6. The van der Waals surface area contributed by atoms with Gasteiger partial charge in [0.15, 0.2) is 0 Å². The molecule has 4 aromatic rings. The lowest BCUT2D eigenvalue weighted by Gasteiger charge is -2.36. The van der Waals surface area contributed by atoms with Crippen molar-refractivity contribution in [1.82, 2.24) is 30.2 Å². The quantitative estimate of drug-likeness (QED) is 0.164. The summed E-state index contributed by atoms with van der Waals surface area (Å²) >= 11 is 5.44. The van der Waals surface area contributed by atoms with Gasteiger partial charge in [0.05, 0.1) is 14.2 Å². The van der Waals surface area contributed by atoms with E-state index in [-0.39, 0.29) is 22.9 Å². The molecule has 0 atom stereocenters. The Kier molecular flexibility index (Phi) is 17.6. The topological polar surface area (TPSA) is 199 Å². The van der Waals surface area contributed by atoms with Crippen molar-refractivity contribution in [2.24, 2.45) is 0 Å². The van der Waals surface area contributed by atoms with Crippen LogP contribution in [0.3, 0.4) is 0 Å². The van der Waals surface area contributed by atoms with Crippen LogP contribution in [0.2, 0.25) is 5.15 Å². The predicted molar refractivity (Wildman–Crippen MR) is 216 cm³/mol. The molecule has 2 aliphatic rings. The van der Waals surface area contributed by atoms with Gasteiger partial charge >= 0.3 is 0 Å². The molecule has 284 valence electrons. The second-order valence-corrected chi connectivity index (χ2v) is 12.1. The van der Waals surface area contributed by atoms with Crippen LogP contribution >= 0.6 is 11.6 Å². The van der Waals surface area contributed by atoms with Crippen LogP contribution in [0.4, 0.5) is 40.7 Å². The van der Waals surface area contributed by atoms with Crippen molar-refractivity contribution >= 4 is 52.3 Å². The standard InChI is InChI=1S/C15H20N6O.C11H16N2O.C6H15N.C4H5ClN4/c1-22-12-4-2-11(3-5-12)20-6-8-21(9-7-20)14-10-13(16)18-15(17)19-14;1-14-11-4-2-10(3-5-11)13-8-6-12-7-9-13;1-4-7(5-2)6-3;5-2-1-3(6)9-4(7)8-2/h2-5,10H,6-9H2,1H3,(H4,16,17,18,19);2-5,12H,6-9H2,1H3;4-6H2,1-3H3;1H,(H4,6,7,8,9). The van der Waals surface area contributed by atoms with Gasteiger partial charge in [0.1, 0.15) is 34.1 Å². The van der Waals surface area contributed by atoms with E-state index in [0.717, 1.165) is 69.7 Å². The number of piperazine rings is 2. The molecule has 2 aromatic carbocycles. The lowest BCUT2D eigenvalue weighted by Crippen LogP contribution is -2.46. The minimum Gasteiger partial charge on any atom is -0.497 e. The normalized spacial score (nSPS) is 13.9. The van der Waals surface area contributed by atoms with Crippen LogP contribution < -0.4 is 52.4 Å². The van der Waals surface area contributed by atoms with E-state index in [2.05, 4.69) is 89.9 Å². The summed E-state index contributed by atoms with van der Waals surface area (Å²) in [4.78, 5) is 24.6. The van der Waals surface area contributed by atoms with Gasteiger partial charge in [-0.3, -0.25) is 0 Å². The molecule has 2 aromatic heterocycles. The number of nitrogens with one attached hydrogen (secondary N) is 1. The van der Waals surface area contributed by atoms with Crippen molar-refractivity contribution in [1.29, 1.82) is 0 Å². The summed E-state index contributed by atoms with van der Waals surface area (Å²) in [7, 11) is 3.37. The summed E-state index contributed by atoms with van der Waals surface area (Å²) in [6.07, 6.45) is 0. The number of hydrogen-bond acceptors (Lipinski definition) is 15. The number of hydrogen-bond donors (Lipinski definition) is 5. The van der Waals surface area contributed by atoms with Crippen molar-refractivity contribution in [3.05, 3.63) is 65.8 Å². The fourth-order valence-electron chi connectivity index (χ4n) is 5.46. The van der Waals surface area contributed by atoms with Crippen LogP contribution in [0, 0.1) is 0 Å². The van der Waals surface area contributed by atoms with Crippen molar-refractivity contribution < 1.29 is 9.47 Å². The first-order valence-electron chi connectivity index (χ1n) is 17.5. The average molecular weight is 738 g/mol. The van der Waals surface area contributed by atoms with Gasteiger partial charge < -0.3 is 57.3 Å². The molecular formula is C36H56ClN13O2. The number of anilines is 7. The van der Waals surface area contributed by atoms with Crippen molar-refractivity contribution in [3.8, 4) is 11.5 Å². The maximum Gasteiger partial charge on any atom is 0.223 e. The summed E-state index contributed by atoms with van der Waals surface area (Å²) in [5, 5.41) is 3.60. The number of aromatic nitrogens is 4. The number of benzene rings is 2. The van der Waals surface area contributed by atoms with Gasteiger partial charge in [0, 0.05) is 75.9 Å². The highest BCUT2D eigenvalue weighted by Gasteiger charge is 2.19. The highest BCUT2D eigenvalue weighted by molar-refractivity contribution is 6.29. The van der Waals surface area contributed by atoms with Crippen LogP contribution in [0.15, 0.2) is 60.7 Å². The second-order valence-electron chi connectivity index (χ2n) is 11.7. The minimum absolute atomic E-state index is 0.0972. The van der Waals surface area contributed by atoms with Gasteiger partial charge in [0.2, 0.25) is 11.9 Å². The van der Waals surface area contributed by atoms with Crippen LogP contribution in [0.5, 0.6) is 11.5 Å². The van der Waals surface area contributed by atoms with Gasteiger partial charge in [-0.2, -0.15) is 15.0 Å². The highest BCUT2D eigenvalue weighted by atomic mass is 35.5. The molecule has 2 aliphatic heterocycles. The van der Waals surface area contributed by atoms with Gasteiger partial charge in [-0.05, 0) is 68.2 Å². The van der Waals surface area contributed by atoms with E-state index in [0.29, 0.717) is 5.82 Å². The molecule has 0 unspecified atom stereocenters. The van der Waals surface area contributed by atoms with E-state index in [1.165, 1.54) is 37.1 Å². The third-order valence-corrected chi connectivity index (χ3v) is 8.61. The first-order valence-corrected chi connectivity index (χ1v) is 17.9. The maximum atomic E-state index is 5.73. The Morgan fingerprint density at radius 3 is 1.42 bits per heavy atom. The monoisotopic (exact) mass is 737 g/mol. The van der Waals surface area contributed by atoms with E-state index in [4.69, 9.17) is 44.0 Å². The number of rotatable bonds is 8. The zero-order chi connectivity index (χ0) is 37.9. The number of nitrogens with two attached hydrogens (primary N) is 4. The molecule has 0 spiro atoms. The summed E-state index contributed by atoms with van der Waals surface area (Å²) < 4.78 is 10.3. The molecule has 9 N–H and O–H groups in total. The van der Waals surface area contributed by atoms with Gasteiger partial charge in [0.25, 0.3) is 0 Å².